The fraction of sp³-hybridized carbons (Fsp3) is 0.273. The fourth-order valence-electron chi connectivity index (χ4n) is 1.20. The lowest BCUT2D eigenvalue weighted by molar-refractivity contribution is -0.142. The third-order valence-corrected chi connectivity index (χ3v) is 3.30. The van der Waals surface area contributed by atoms with E-state index in [4.69, 9.17) is 10.00 Å². The Morgan fingerprint density at radius 3 is 2.88 bits per heavy atom. The van der Waals surface area contributed by atoms with Gasteiger partial charge in [0, 0.05) is 8.47 Å². The first-order chi connectivity index (χ1) is 7.58. The van der Waals surface area contributed by atoms with Gasteiger partial charge < -0.3 is 4.74 Å². The Morgan fingerprint density at radius 2 is 2.31 bits per heavy atom. The molecule has 1 aromatic rings. The highest BCUT2D eigenvalue weighted by Crippen LogP contribution is 2.21. The molecule has 0 amide bonds. The van der Waals surface area contributed by atoms with Crippen LogP contribution in [0, 0.1) is 14.9 Å². The van der Waals surface area contributed by atoms with E-state index in [9.17, 15) is 4.79 Å². The summed E-state index contributed by atoms with van der Waals surface area (Å²) in [6, 6.07) is 5.49. The molecular weight excluding hydrogens is 337 g/mol. The Hall–Kier alpha value is -0.740. The van der Waals surface area contributed by atoms with E-state index in [-0.39, 0.29) is 12.4 Å². The van der Waals surface area contributed by atoms with E-state index in [1.165, 1.54) is 0 Å². The van der Waals surface area contributed by atoms with Crippen LogP contribution in [0.4, 0.5) is 0 Å². The van der Waals surface area contributed by atoms with Crippen LogP contribution in [0.1, 0.15) is 18.1 Å². The molecule has 0 heterocycles. The van der Waals surface area contributed by atoms with Gasteiger partial charge in [0.2, 0.25) is 0 Å². The number of halogens is 1. The summed E-state index contributed by atoms with van der Waals surface area (Å²) in [5.41, 5.74) is 1.27. The second-order valence-corrected chi connectivity index (χ2v) is 4.70. The summed E-state index contributed by atoms with van der Waals surface area (Å²) in [6.45, 7) is 2.13. The van der Waals surface area contributed by atoms with Crippen LogP contribution in [0.2, 0.25) is 0 Å². The van der Waals surface area contributed by atoms with Crippen molar-refractivity contribution in [1.29, 1.82) is 5.26 Å². The zero-order chi connectivity index (χ0) is 12.1. The number of esters is 1. The first-order valence-corrected chi connectivity index (χ1v) is 6.18. The Labute approximate surface area is 113 Å². The monoisotopic (exact) mass is 347 g/mol. The molecule has 3 nitrogen and oxygen atoms in total. The minimum Gasteiger partial charge on any atom is -0.466 e. The van der Waals surface area contributed by atoms with Crippen LogP contribution in [-0.4, -0.2) is 12.6 Å². The number of carbonyl (C=O) groups excluding carboxylic acids is 1. The second-order valence-electron chi connectivity index (χ2n) is 3.05. The standard InChI is InChI=1S/C11H10INO2S/c1-2-15-11(14)4-7-3-8(6-13)10(16)5-9(7)12/h3,5,16H,2,4H2,1H3. The van der Waals surface area contributed by atoms with Gasteiger partial charge in [-0.3, -0.25) is 4.79 Å². The number of carbonyl (C=O) groups is 1. The molecule has 84 valence electrons. The fourth-order valence-corrected chi connectivity index (χ4v) is 2.35. The molecule has 1 aromatic carbocycles. The Bertz CT molecular complexity index is 454. The van der Waals surface area contributed by atoms with Crippen LogP contribution in [-0.2, 0) is 16.0 Å². The number of nitrogens with zero attached hydrogens (tertiary/aromatic N) is 1. The lowest BCUT2D eigenvalue weighted by Crippen LogP contribution is -2.08. The van der Waals surface area contributed by atoms with Crippen LogP contribution in [0.15, 0.2) is 17.0 Å². The van der Waals surface area contributed by atoms with Crippen molar-refractivity contribution >= 4 is 41.2 Å². The van der Waals surface area contributed by atoms with Crippen molar-refractivity contribution in [2.45, 2.75) is 18.2 Å². The number of thiol groups is 1. The van der Waals surface area contributed by atoms with Crippen molar-refractivity contribution in [1.82, 2.24) is 0 Å². The van der Waals surface area contributed by atoms with Crippen molar-refractivity contribution in [3.05, 3.63) is 26.8 Å². The van der Waals surface area contributed by atoms with E-state index in [1.807, 2.05) is 6.07 Å². The summed E-state index contributed by atoms with van der Waals surface area (Å²) >= 11 is 6.30. The maximum atomic E-state index is 11.3. The van der Waals surface area contributed by atoms with Gasteiger partial charge in [0.05, 0.1) is 18.6 Å². The van der Waals surface area contributed by atoms with Gasteiger partial charge in [-0.2, -0.15) is 5.26 Å². The molecule has 0 aliphatic heterocycles. The first kappa shape index (κ1) is 13.3. The van der Waals surface area contributed by atoms with Crippen molar-refractivity contribution in [3.63, 3.8) is 0 Å². The van der Waals surface area contributed by atoms with Crippen LogP contribution in [0.5, 0.6) is 0 Å². The molecule has 0 spiro atoms. The van der Waals surface area contributed by atoms with Gasteiger partial charge in [0.15, 0.2) is 0 Å². The minimum atomic E-state index is -0.281. The highest BCUT2D eigenvalue weighted by Gasteiger charge is 2.10. The number of hydrogen-bond acceptors (Lipinski definition) is 4. The summed E-state index contributed by atoms with van der Waals surface area (Å²) in [5, 5.41) is 8.85. The van der Waals surface area contributed by atoms with E-state index in [0.717, 1.165) is 9.13 Å². The van der Waals surface area contributed by atoms with E-state index in [2.05, 4.69) is 35.2 Å². The summed E-state index contributed by atoms with van der Waals surface area (Å²) in [6.07, 6.45) is 0.189. The molecule has 0 aliphatic rings. The molecular formula is C11H10INO2S. The number of nitriles is 1. The molecule has 0 fully saturated rings. The van der Waals surface area contributed by atoms with Gasteiger partial charge in [-0.05, 0) is 47.2 Å². The van der Waals surface area contributed by atoms with Gasteiger partial charge in [-0.1, -0.05) is 0 Å². The Balaban J connectivity index is 2.97. The molecule has 0 atom stereocenters. The molecule has 0 aromatic heterocycles. The smallest absolute Gasteiger partial charge is 0.310 e. The Kier molecular flexibility index (Phi) is 5.09. The topological polar surface area (TPSA) is 50.1 Å². The molecule has 0 N–H and O–H groups in total. The van der Waals surface area contributed by atoms with Gasteiger partial charge in [-0.15, -0.1) is 12.6 Å². The van der Waals surface area contributed by atoms with Crippen molar-refractivity contribution in [2.24, 2.45) is 0 Å². The van der Waals surface area contributed by atoms with E-state index in [1.54, 1.807) is 19.1 Å². The predicted octanol–water partition coefficient (Wildman–Crippen LogP) is 2.56. The zero-order valence-corrected chi connectivity index (χ0v) is 11.7. The van der Waals surface area contributed by atoms with Crippen molar-refractivity contribution in [2.75, 3.05) is 6.61 Å². The lowest BCUT2D eigenvalue weighted by Gasteiger charge is -2.06. The maximum Gasteiger partial charge on any atom is 0.310 e. The number of benzene rings is 1. The maximum absolute atomic E-state index is 11.3. The normalized spacial score (nSPS) is 9.62. The van der Waals surface area contributed by atoms with Crippen molar-refractivity contribution < 1.29 is 9.53 Å². The van der Waals surface area contributed by atoms with Crippen LogP contribution < -0.4 is 0 Å². The van der Waals surface area contributed by atoms with Crippen LogP contribution >= 0.6 is 35.2 Å². The molecule has 0 radical (unpaired) electrons. The Morgan fingerprint density at radius 1 is 1.62 bits per heavy atom. The first-order valence-electron chi connectivity index (χ1n) is 4.65. The largest absolute Gasteiger partial charge is 0.466 e. The van der Waals surface area contributed by atoms with Gasteiger partial charge in [-0.25, -0.2) is 0 Å². The average Bonchev–Trinajstić information content (AvgIpc) is 2.22. The lowest BCUT2D eigenvalue weighted by atomic mass is 10.1. The predicted molar refractivity (Wildman–Crippen MR) is 71.5 cm³/mol. The molecule has 0 saturated heterocycles. The van der Waals surface area contributed by atoms with E-state index in [0.29, 0.717) is 17.1 Å². The van der Waals surface area contributed by atoms with E-state index < -0.39 is 0 Å². The second kappa shape index (κ2) is 6.11. The quantitative estimate of drug-likeness (QED) is 0.519. The highest BCUT2D eigenvalue weighted by molar-refractivity contribution is 14.1. The molecule has 0 unspecified atom stereocenters. The average molecular weight is 347 g/mol. The molecule has 0 aliphatic carbocycles. The molecule has 0 saturated carbocycles. The SMILES string of the molecule is CCOC(=O)Cc1cc(C#N)c(S)cc1I. The van der Waals surface area contributed by atoms with Gasteiger partial charge in [0.25, 0.3) is 0 Å². The van der Waals surface area contributed by atoms with Crippen LogP contribution in [0.3, 0.4) is 0 Å². The van der Waals surface area contributed by atoms with Gasteiger partial charge >= 0.3 is 5.97 Å². The third kappa shape index (κ3) is 3.39. The third-order valence-electron chi connectivity index (χ3n) is 1.93. The zero-order valence-electron chi connectivity index (χ0n) is 8.66. The minimum absolute atomic E-state index is 0.189. The van der Waals surface area contributed by atoms with Gasteiger partial charge in [0.1, 0.15) is 6.07 Å². The summed E-state index contributed by atoms with van der Waals surface area (Å²) < 4.78 is 5.77. The summed E-state index contributed by atoms with van der Waals surface area (Å²) in [4.78, 5) is 11.9. The molecule has 5 heteroatoms. The molecule has 0 bridgehead atoms. The number of hydrogen-bond donors (Lipinski definition) is 1. The summed E-state index contributed by atoms with van der Waals surface area (Å²) in [7, 11) is 0. The number of rotatable bonds is 3. The summed E-state index contributed by atoms with van der Waals surface area (Å²) in [5.74, 6) is -0.281. The van der Waals surface area contributed by atoms with Crippen LogP contribution in [0.25, 0.3) is 0 Å². The van der Waals surface area contributed by atoms with E-state index >= 15 is 0 Å². The number of ether oxygens (including phenoxy) is 1. The molecule has 1 rings (SSSR count). The van der Waals surface area contributed by atoms with Crippen molar-refractivity contribution in [3.8, 4) is 6.07 Å². The molecule has 16 heavy (non-hydrogen) atoms. The highest BCUT2D eigenvalue weighted by atomic mass is 127.